The number of carbonyl (C=O) groups excluding carboxylic acids is 2. The Labute approximate surface area is 76.3 Å². The van der Waals surface area contributed by atoms with Crippen molar-refractivity contribution in [3.05, 3.63) is 0 Å². The second-order valence-electron chi connectivity index (χ2n) is 3.26. The lowest BCUT2D eigenvalue weighted by Crippen LogP contribution is -2.28. The molecule has 0 aromatic heterocycles. The lowest BCUT2D eigenvalue weighted by Gasteiger charge is -2.23. The summed E-state index contributed by atoms with van der Waals surface area (Å²) in [6, 6.07) is 0. The molecule has 1 rings (SSSR count). The molecule has 3 nitrogen and oxygen atoms in total. The molecule has 1 fully saturated rings. The van der Waals surface area contributed by atoms with Crippen LogP contribution in [0.15, 0.2) is 0 Å². The van der Waals surface area contributed by atoms with Crippen molar-refractivity contribution in [2.45, 2.75) is 25.7 Å². The number of hydrogen-bond acceptors (Lipinski definition) is 2. The summed E-state index contributed by atoms with van der Waals surface area (Å²) in [4.78, 5) is 21.5. The van der Waals surface area contributed by atoms with Gasteiger partial charge in [-0.2, -0.15) is 0 Å². The van der Waals surface area contributed by atoms with Crippen LogP contribution in [-0.4, -0.2) is 11.1 Å². The highest BCUT2D eigenvalue weighted by Crippen LogP contribution is 2.29. The van der Waals surface area contributed by atoms with Crippen LogP contribution < -0.4 is 5.73 Å². The van der Waals surface area contributed by atoms with Gasteiger partial charge in [-0.15, -0.1) is 0 Å². The summed E-state index contributed by atoms with van der Waals surface area (Å²) < 4.78 is 0. The third kappa shape index (κ3) is 2.21. The van der Waals surface area contributed by atoms with Crippen molar-refractivity contribution in [1.29, 1.82) is 0 Å². The van der Waals surface area contributed by atoms with Crippen LogP contribution in [-0.2, 0) is 9.59 Å². The van der Waals surface area contributed by atoms with Gasteiger partial charge in [-0.1, -0.05) is 0 Å². The molecular formula is C8H12ClNO2. The van der Waals surface area contributed by atoms with E-state index in [2.05, 4.69) is 0 Å². The van der Waals surface area contributed by atoms with Crippen LogP contribution in [0.2, 0.25) is 0 Å². The summed E-state index contributed by atoms with van der Waals surface area (Å²) in [7, 11) is 0. The van der Waals surface area contributed by atoms with Crippen molar-refractivity contribution in [1.82, 2.24) is 0 Å². The Bertz CT molecular complexity index is 175. The first-order chi connectivity index (χ1) is 5.61. The summed E-state index contributed by atoms with van der Waals surface area (Å²) in [5.74, 6) is -0.352. The van der Waals surface area contributed by atoms with Crippen molar-refractivity contribution in [3.63, 3.8) is 0 Å². The van der Waals surface area contributed by atoms with Crippen molar-refractivity contribution in [2.24, 2.45) is 17.6 Å². The Kier molecular flexibility index (Phi) is 3.09. The van der Waals surface area contributed by atoms with E-state index in [0.717, 1.165) is 0 Å². The number of hydrogen-bond donors (Lipinski definition) is 1. The normalized spacial score (nSPS) is 29.8. The Morgan fingerprint density at radius 3 is 1.83 bits per heavy atom. The third-order valence-electron chi connectivity index (χ3n) is 2.45. The quantitative estimate of drug-likeness (QED) is 0.660. The van der Waals surface area contributed by atoms with Crippen molar-refractivity contribution in [3.8, 4) is 0 Å². The third-order valence-corrected chi connectivity index (χ3v) is 2.76. The Hall–Kier alpha value is -0.570. The average Bonchev–Trinajstić information content (AvgIpc) is 2.04. The molecular weight excluding hydrogens is 178 g/mol. The van der Waals surface area contributed by atoms with Gasteiger partial charge in [-0.3, -0.25) is 9.59 Å². The van der Waals surface area contributed by atoms with Crippen molar-refractivity contribution >= 4 is 22.8 Å². The number of nitrogens with two attached hydrogens (primary N) is 1. The van der Waals surface area contributed by atoms with Crippen molar-refractivity contribution < 1.29 is 9.59 Å². The molecule has 2 N–H and O–H groups in total. The Morgan fingerprint density at radius 2 is 1.50 bits per heavy atom. The van der Waals surface area contributed by atoms with Crippen LogP contribution in [0.5, 0.6) is 0 Å². The lowest BCUT2D eigenvalue weighted by atomic mass is 9.82. The SMILES string of the molecule is NC(=O)C1CCC(C(=O)Cl)CC1. The Morgan fingerprint density at radius 1 is 1.08 bits per heavy atom. The van der Waals surface area contributed by atoms with Gasteiger partial charge in [0.15, 0.2) is 0 Å². The molecule has 0 aromatic carbocycles. The highest BCUT2D eigenvalue weighted by molar-refractivity contribution is 6.63. The zero-order valence-corrected chi connectivity index (χ0v) is 7.51. The molecule has 0 radical (unpaired) electrons. The van der Waals surface area contributed by atoms with Gasteiger partial charge in [-0.05, 0) is 37.3 Å². The van der Waals surface area contributed by atoms with E-state index in [1.54, 1.807) is 0 Å². The number of halogens is 1. The predicted molar refractivity (Wildman–Crippen MR) is 45.5 cm³/mol. The maximum absolute atomic E-state index is 10.7. The van der Waals surface area contributed by atoms with Crippen LogP contribution in [0.1, 0.15) is 25.7 Å². The van der Waals surface area contributed by atoms with Gasteiger partial charge >= 0.3 is 0 Å². The van der Waals surface area contributed by atoms with E-state index in [1.165, 1.54) is 0 Å². The second-order valence-corrected chi connectivity index (χ2v) is 3.63. The molecule has 1 aliphatic rings. The minimum absolute atomic E-state index is 0.0442. The number of amides is 1. The van der Waals surface area contributed by atoms with Gasteiger partial charge in [0.2, 0.25) is 11.1 Å². The van der Waals surface area contributed by atoms with Gasteiger partial charge < -0.3 is 5.73 Å². The highest BCUT2D eigenvalue weighted by atomic mass is 35.5. The van der Waals surface area contributed by atoms with Gasteiger partial charge in [0.1, 0.15) is 0 Å². The smallest absolute Gasteiger partial charge is 0.224 e. The molecule has 1 aliphatic carbocycles. The molecule has 1 amide bonds. The molecule has 4 heteroatoms. The molecule has 0 heterocycles. The fraction of sp³-hybridized carbons (Fsp3) is 0.750. The summed E-state index contributed by atoms with van der Waals surface area (Å²) in [5, 5.41) is -0.280. The van der Waals surface area contributed by atoms with Crippen LogP contribution >= 0.6 is 11.6 Å². The molecule has 0 spiro atoms. The molecule has 0 atom stereocenters. The van der Waals surface area contributed by atoms with Crippen LogP contribution in [0.4, 0.5) is 0 Å². The minimum Gasteiger partial charge on any atom is -0.369 e. The standard InChI is InChI=1S/C8H12ClNO2/c9-7(11)5-1-3-6(4-2-5)8(10)12/h5-6H,1-4H2,(H2,10,12). The van der Waals surface area contributed by atoms with Gasteiger partial charge in [0.05, 0.1) is 0 Å². The first-order valence-corrected chi connectivity index (χ1v) is 4.47. The molecule has 68 valence electrons. The second kappa shape index (κ2) is 3.90. The van der Waals surface area contributed by atoms with Gasteiger partial charge in [0, 0.05) is 11.8 Å². The fourth-order valence-electron chi connectivity index (χ4n) is 1.60. The topological polar surface area (TPSA) is 60.2 Å². The molecule has 0 aromatic rings. The van der Waals surface area contributed by atoms with Gasteiger partial charge in [0.25, 0.3) is 0 Å². The zero-order chi connectivity index (χ0) is 9.14. The van der Waals surface area contributed by atoms with E-state index < -0.39 is 0 Å². The minimum atomic E-state index is -0.280. The van der Waals surface area contributed by atoms with E-state index >= 15 is 0 Å². The van der Waals surface area contributed by atoms with Crippen molar-refractivity contribution in [2.75, 3.05) is 0 Å². The fourth-order valence-corrected chi connectivity index (χ4v) is 1.82. The first kappa shape index (κ1) is 9.52. The number of primary amides is 1. The summed E-state index contributed by atoms with van der Waals surface area (Å²) >= 11 is 5.33. The van der Waals surface area contributed by atoms with E-state index in [0.29, 0.717) is 25.7 Å². The van der Waals surface area contributed by atoms with Crippen LogP contribution in [0, 0.1) is 11.8 Å². The monoisotopic (exact) mass is 189 g/mol. The number of rotatable bonds is 2. The molecule has 12 heavy (non-hydrogen) atoms. The highest BCUT2D eigenvalue weighted by Gasteiger charge is 2.27. The number of carbonyl (C=O) groups is 2. The summed E-state index contributed by atoms with van der Waals surface area (Å²) in [6.07, 6.45) is 2.82. The zero-order valence-electron chi connectivity index (χ0n) is 6.75. The maximum atomic E-state index is 10.7. The van der Waals surface area contributed by atoms with E-state index in [-0.39, 0.29) is 23.0 Å². The van der Waals surface area contributed by atoms with E-state index in [4.69, 9.17) is 17.3 Å². The molecule has 0 bridgehead atoms. The van der Waals surface area contributed by atoms with E-state index in [1.807, 2.05) is 0 Å². The van der Waals surface area contributed by atoms with Crippen LogP contribution in [0.3, 0.4) is 0 Å². The summed E-state index contributed by atoms with van der Waals surface area (Å²) in [6.45, 7) is 0. The maximum Gasteiger partial charge on any atom is 0.224 e. The van der Waals surface area contributed by atoms with Gasteiger partial charge in [-0.25, -0.2) is 0 Å². The lowest BCUT2D eigenvalue weighted by molar-refractivity contribution is -0.124. The van der Waals surface area contributed by atoms with E-state index in [9.17, 15) is 9.59 Å². The molecule has 0 unspecified atom stereocenters. The molecule has 0 aliphatic heterocycles. The summed E-state index contributed by atoms with van der Waals surface area (Å²) in [5.41, 5.74) is 5.13. The predicted octanol–water partition coefficient (Wildman–Crippen LogP) is 1.04. The largest absolute Gasteiger partial charge is 0.369 e. The first-order valence-electron chi connectivity index (χ1n) is 4.10. The molecule has 0 saturated heterocycles. The van der Waals surface area contributed by atoms with Crippen LogP contribution in [0.25, 0.3) is 0 Å². The molecule has 1 saturated carbocycles. The Balaban J connectivity index is 2.39. The average molecular weight is 190 g/mol.